The first-order valence-corrected chi connectivity index (χ1v) is 14.0. The maximum Gasteiger partial charge on any atom is 0.335 e. The molecular formula is C33H38N2O7. The first kappa shape index (κ1) is 32.0. The highest BCUT2D eigenvalue weighted by molar-refractivity contribution is 5.99. The highest BCUT2D eigenvalue weighted by atomic mass is 16.5. The Balaban J connectivity index is 2.05. The Kier molecular flexibility index (Phi) is 11.8. The van der Waals surface area contributed by atoms with Crippen molar-refractivity contribution in [1.29, 1.82) is 0 Å². The van der Waals surface area contributed by atoms with E-state index in [0.29, 0.717) is 0 Å². The predicted molar refractivity (Wildman–Crippen MR) is 156 cm³/mol. The van der Waals surface area contributed by atoms with E-state index >= 15 is 0 Å². The third-order valence-corrected chi connectivity index (χ3v) is 6.51. The van der Waals surface area contributed by atoms with Crippen LogP contribution in [0, 0.1) is 11.8 Å². The molecular weight excluding hydrogens is 536 g/mol. The molecule has 0 aliphatic carbocycles. The number of carbonyl (C=O) groups is 4. The van der Waals surface area contributed by atoms with Crippen molar-refractivity contribution in [1.82, 2.24) is 9.88 Å². The van der Waals surface area contributed by atoms with E-state index in [4.69, 9.17) is 9.47 Å². The number of nitrogens with zero attached hydrogens (tertiary/aromatic N) is 2. The van der Waals surface area contributed by atoms with Crippen molar-refractivity contribution in [2.75, 3.05) is 0 Å². The van der Waals surface area contributed by atoms with Gasteiger partial charge < -0.3 is 19.5 Å². The molecule has 3 rings (SSSR count). The summed E-state index contributed by atoms with van der Waals surface area (Å²) >= 11 is 0. The number of esters is 2. The molecule has 42 heavy (non-hydrogen) atoms. The quantitative estimate of drug-likeness (QED) is 0.249. The largest absolute Gasteiger partial charge is 0.478 e. The highest BCUT2D eigenvalue weighted by Gasteiger charge is 2.42. The molecule has 1 N–H and O–H groups in total. The predicted octanol–water partition coefficient (Wildman–Crippen LogP) is 5.54. The van der Waals surface area contributed by atoms with Crippen LogP contribution in [0.3, 0.4) is 0 Å². The van der Waals surface area contributed by atoms with Gasteiger partial charge in [-0.05, 0) is 47.9 Å². The average Bonchev–Trinajstić information content (AvgIpc) is 2.98. The van der Waals surface area contributed by atoms with Crippen molar-refractivity contribution in [3.8, 4) is 0 Å². The van der Waals surface area contributed by atoms with Crippen LogP contribution in [0.15, 0.2) is 79.0 Å². The molecule has 2 atom stereocenters. The monoisotopic (exact) mass is 574 g/mol. The fraction of sp³-hybridized carbons (Fsp3) is 0.364. The Morgan fingerprint density at radius 2 is 1.19 bits per heavy atom. The van der Waals surface area contributed by atoms with E-state index in [1.165, 1.54) is 17.2 Å². The molecule has 0 saturated carbocycles. The molecule has 0 spiro atoms. The number of hydrogen-bond acceptors (Lipinski definition) is 7. The number of ether oxygens (including phenoxy) is 2. The number of amides is 1. The Morgan fingerprint density at radius 1 is 0.738 bits per heavy atom. The lowest BCUT2D eigenvalue weighted by Crippen LogP contribution is -2.55. The molecule has 1 aromatic heterocycles. The summed E-state index contributed by atoms with van der Waals surface area (Å²) < 4.78 is 11.4. The molecule has 1 heterocycles. The topological polar surface area (TPSA) is 123 Å². The molecule has 222 valence electrons. The second kappa shape index (κ2) is 15.5. The van der Waals surface area contributed by atoms with E-state index in [2.05, 4.69) is 4.98 Å². The number of aromatic nitrogens is 1. The zero-order valence-electron chi connectivity index (χ0n) is 24.4. The summed E-state index contributed by atoms with van der Waals surface area (Å²) in [4.78, 5) is 58.6. The van der Waals surface area contributed by atoms with Crippen LogP contribution in [0.4, 0.5) is 0 Å². The first-order chi connectivity index (χ1) is 20.1. The molecule has 2 aromatic carbocycles. The van der Waals surface area contributed by atoms with Crippen molar-refractivity contribution < 1.29 is 33.8 Å². The van der Waals surface area contributed by atoms with Crippen LogP contribution in [0.2, 0.25) is 0 Å². The minimum absolute atomic E-state index is 0.0175. The van der Waals surface area contributed by atoms with Crippen molar-refractivity contribution in [3.63, 3.8) is 0 Å². The van der Waals surface area contributed by atoms with Gasteiger partial charge in [-0.25, -0.2) is 14.4 Å². The summed E-state index contributed by atoms with van der Waals surface area (Å²) in [6, 6.07) is 18.4. The summed E-state index contributed by atoms with van der Waals surface area (Å²) in [7, 11) is 0. The third kappa shape index (κ3) is 9.26. The van der Waals surface area contributed by atoms with Crippen LogP contribution in [-0.4, -0.2) is 50.9 Å². The number of carboxylic acids is 1. The van der Waals surface area contributed by atoms with Crippen LogP contribution in [0.25, 0.3) is 0 Å². The van der Waals surface area contributed by atoms with E-state index in [0.717, 1.165) is 17.2 Å². The van der Waals surface area contributed by atoms with Gasteiger partial charge in [-0.3, -0.25) is 9.78 Å². The molecule has 2 unspecified atom stereocenters. The van der Waals surface area contributed by atoms with Gasteiger partial charge in [-0.2, -0.15) is 0 Å². The third-order valence-electron chi connectivity index (χ3n) is 6.51. The van der Waals surface area contributed by atoms with E-state index in [1.807, 2.05) is 88.4 Å². The van der Waals surface area contributed by atoms with Gasteiger partial charge in [0.05, 0.1) is 5.56 Å². The number of benzene rings is 2. The maximum atomic E-state index is 14.2. The number of carboxylic acid groups (broad SMARTS) is 1. The van der Waals surface area contributed by atoms with Crippen molar-refractivity contribution >= 4 is 23.8 Å². The lowest BCUT2D eigenvalue weighted by molar-refractivity contribution is -0.158. The van der Waals surface area contributed by atoms with Crippen LogP contribution in [0.1, 0.15) is 72.5 Å². The number of aromatic carboxylic acids is 1. The van der Waals surface area contributed by atoms with Gasteiger partial charge in [-0.1, -0.05) is 88.4 Å². The number of carbonyl (C=O) groups excluding carboxylic acids is 3. The average molecular weight is 575 g/mol. The Hall–Kier alpha value is -4.53. The van der Waals surface area contributed by atoms with Crippen molar-refractivity contribution in [2.24, 2.45) is 11.8 Å². The van der Waals surface area contributed by atoms with Gasteiger partial charge in [-0.15, -0.1) is 0 Å². The standard InChI is InChI=1S/C33H38N2O7/c1-22(2)17-28(32(39)41-20-24-11-7-5-8-12-24)35(30(36)27-19-26(31(37)38)15-16-34-27)29(18-23(3)4)33(40)42-21-25-13-9-6-10-14-25/h5-16,19,22-23,28-29H,17-18,20-21H2,1-4H3,(H,37,38). The summed E-state index contributed by atoms with van der Waals surface area (Å²) in [5, 5.41) is 9.52. The summed E-state index contributed by atoms with van der Waals surface area (Å²) in [6.07, 6.45) is 1.60. The molecule has 9 heteroatoms. The van der Waals surface area contributed by atoms with Gasteiger partial charge >= 0.3 is 17.9 Å². The number of rotatable bonds is 14. The van der Waals surface area contributed by atoms with Gasteiger partial charge in [0.15, 0.2) is 0 Å². The van der Waals surface area contributed by atoms with Crippen LogP contribution >= 0.6 is 0 Å². The van der Waals surface area contributed by atoms with Gasteiger partial charge in [0, 0.05) is 6.20 Å². The summed E-state index contributed by atoms with van der Waals surface area (Å²) in [5.41, 5.74) is 1.18. The molecule has 0 saturated heterocycles. The lowest BCUT2D eigenvalue weighted by Gasteiger charge is -2.37. The van der Waals surface area contributed by atoms with Crippen LogP contribution in [0.5, 0.6) is 0 Å². The van der Waals surface area contributed by atoms with Gasteiger partial charge in [0.25, 0.3) is 5.91 Å². The number of pyridine rings is 1. The fourth-order valence-electron chi connectivity index (χ4n) is 4.50. The zero-order chi connectivity index (χ0) is 30.6. The van der Waals surface area contributed by atoms with Crippen molar-refractivity contribution in [2.45, 2.75) is 65.8 Å². The highest BCUT2D eigenvalue weighted by Crippen LogP contribution is 2.25. The molecule has 0 fully saturated rings. The van der Waals surface area contributed by atoms with E-state index in [9.17, 15) is 24.3 Å². The maximum absolute atomic E-state index is 14.2. The molecule has 0 radical (unpaired) electrons. The molecule has 0 bridgehead atoms. The minimum atomic E-state index is -1.24. The molecule has 0 aliphatic heterocycles. The van der Waals surface area contributed by atoms with Gasteiger partial charge in [0.2, 0.25) is 0 Å². The fourth-order valence-corrected chi connectivity index (χ4v) is 4.50. The Bertz CT molecular complexity index is 1270. The molecule has 1 amide bonds. The Labute approximate surface area is 246 Å². The smallest absolute Gasteiger partial charge is 0.335 e. The SMILES string of the molecule is CC(C)CC(C(=O)OCc1ccccc1)N(C(=O)c1cc(C(=O)O)ccn1)C(CC(C)C)C(=O)OCc1ccccc1. The van der Waals surface area contributed by atoms with Crippen LogP contribution in [-0.2, 0) is 32.3 Å². The van der Waals surface area contributed by atoms with E-state index in [1.54, 1.807) is 0 Å². The first-order valence-electron chi connectivity index (χ1n) is 14.0. The lowest BCUT2D eigenvalue weighted by atomic mass is 9.96. The second-order valence-corrected chi connectivity index (χ2v) is 10.9. The van der Waals surface area contributed by atoms with E-state index < -0.39 is 35.9 Å². The zero-order valence-corrected chi connectivity index (χ0v) is 24.4. The normalized spacial score (nSPS) is 12.4. The van der Waals surface area contributed by atoms with E-state index in [-0.39, 0.29) is 49.1 Å². The number of hydrogen-bond donors (Lipinski definition) is 1. The van der Waals surface area contributed by atoms with Crippen LogP contribution < -0.4 is 0 Å². The summed E-state index contributed by atoms with van der Waals surface area (Å²) in [5.74, 6) is -3.48. The molecule has 3 aromatic rings. The Morgan fingerprint density at radius 3 is 1.60 bits per heavy atom. The van der Waals surface area contributed by atoms with Crippen molar-refractivity contribution in [3.05, 3.63) is 101 Å². The van der Waals surface area contributed by atoms with Gasteiger partial charge in [0.1, 0.15) is 31.0 Å². The second-order valence-electron chi connectivity index (χ2n) is 10.9. The molecule has 0 aliphatic rings. The summed E-state index contributed by atoms with van der Waals surface area (Å²) in [6.45, 7) is 7.55. The minimum Gasteiger partial charge on any atom is -0.478 e. The molecule has 9 nitrogen and oxygen atoms in total.